The third kappa shape index (κ3) is 7.82. The van der Waals surface area contributed by atoms with Crippen molar-refractivity contribution < 1.29 is 62.5 Å². The summed E-state index contributed by atoms with van der Waals surface area (Å²) in [5, 5.41) is 23.5. The Morgan fingerprint density at radius 3 is 2.31 bits per heavy atom. The fourth-order valence-electron chi connectivity index (χ4n) is 12.7. The van der Waals surface area contributed by atoms with Gasteiger partial charge in [0.2, 0.25) is 6.29 Å². The number of fused-ring (bicyclic) bond motifs is 3. The Kier molecular flexibility index (Phi) is 12.6. The second kappa shape index (κ2) is 17.4. The van der Waals surface area contributed by atoms with E-state index in [0.29, 0.717) is 54.8 Å². The van der Waals surface area contributed by atoms with E-state index in [1.807, 2.05) is 46.8 Å². The van der Waals surface area contributed by atoms with Gasteiger partial charge in [0.1, 0.15) is 52.8 Å². The first-order chi connectivity index (χ1) is 32.0. The Morgan fingerprint density at radius 1 is 0.926 bits per heavy atom. The summed E-state index contributed by atoms with van der Waals surface area (Å²) in [5.74, 6) is -3.23. The molecule has 1 spiro atoms. The number of nitrogens with zero attached hydrogens (tertiary/aromatic N) is 2. The number of allylic oxidation sites excluding steroid dienone is 4. The molecule has 68 heavy (non-hydrogen) atoms. The molecule has 3 saturated carbocycles. The smallest absolute Gasteiger partial charge is 0.333 e. The summed E-state index contributed by atoms with van der Waals surface area (Å²) in [6, 6.07) is -0.557. The molecule has 3 aliphatic carbocycles. The second-order valence-corrected chi connectivity index (χ2v) is 22.2. The van der Waals surface area contributed by atoms with Crippen molar-refractivity contribution in [2.45, 2.75) is 166 Å². The van der Waals surface area contributed by atoms with Gasteiger partial charge in [0.15, 0.2) is 28.6 Å². The van der Waals surface area contributed by atoms with E-state index in [2.05, 4.69) is 42.8 Å². The molecule has 12 atom stereocenters. The molecule has 7 unspecified atom stereocenters. The summed E-state index contributed by atoms with van der Waals surface area (Å²) in [6.07, 6.45) is 5.70. The van der Waals surface area contributed by atoms with Crippen LogP contribution in [0.15, 0.2) is 41.0 Å². The van der Waals surface area contributed by atoms with Crippen molar-refractivity contribution in [2.24, 2.45) is 17.8 Å². The number of likely N-dealkylation sites (N-methyl/N-ethyl adjacent to an activating group) is 1. The van der Waals surface area contributed by atoms with E-state index >= 15 is 9.59 Å². The van der Waals surface area contributed by atoms with Crippen molar-refractivity contribution >= 4 is 23.6 Å². The summed E-state index contributed by atoms with van der Waals surface area (Å²) in [6.45, 7) is 22.0. The molecule has 0 aromatic heterocycles. The number of methoxy groups -OCH3 is 1. The van der Waals surface area contributed by atoms with Gasteiger partial charge >= 0.3 is 5.97 Å². The van der Waals surface area contributed by atoms with Crippen LogP contribution in [0.25, 0.3) is 6.08 Å². The SMILES string of the molecule is COC(=O)/C(C)=C\CC12OC(C)(C)C3CC(C1=O)C(N1CCN(C)CC1)C1C(=O)c4c(O[C@@H]5O[C@@H]6COC(C)(C)O[C@H]6[C@H](O)[C@H]5O)c5c(c(CC=C(C)C)c4OC132)OC(C)(CCC=C(C)C)C=C5. The topological polar surface area (TPSA) is 172 Å². The lowest BCUT2D eigenvalue weighted by Crippen LogP contribution is -2.82. The van der Waals surface area contributed by atoms with Crippen LogP contribution in [0.1, 0.15) is 116 Å². The van der Waals surface area contributed by atoms with Crippen LogP contribution >= 0.6 is 0 Å². The molecule has 1 aromatic rings. The number of carbonyl (C=O) groups is 3. The van der Waals surface area contributed by atoms with Gasteiger partial charge in [-0.25, -0.2) is 4.79 Å². The maximum atomic E-state index is 16.7. The van der Waals surface area contributed by atoms with Gasteiger partial charge in [-0.15, -0.1) is 0 Å². The predicted molar refractivity (Wildman–Crippen MR) is 251 cm³/mol. The third-order valence-corrected chi connectivity index (χ3v) is 16.1. The monoisotopic (exact) mass is 945 g/mol. The van der Waals surface area contributed by atoms with Crippen LogP contribution in [0.4, 0.5) is 0 Å². The van der Waals surface area contributed by atoms with E-state index in [9.17, 15) is 15.0 Å². The molecular formula is C53H72N2O13. The van der Waals surface area contributed by atoms with Gasteiger partial charge in [0.25, 0.3) is 0 Å². The summed E-state index contributed by atoms with van der Waals surface area (Å²) in [7, 11) is 3.39. The van der Waals surface area contributed by atoms with Crippen LogP contribution in [0.5, 0.6) is 17.2 Å². The van der Waals surface area contributed by atoms with Gasteiger partial charge in [-0.3, -0.25) is 14.5 Å². The van der Waals surface area contributed by atoms with E-state index in [-0.39, 0.29) is 41.7 Å². The quantitative estimate of drug-likeness (QED) is 0.152. The second-order valence-electron chi connectivity index (χ2n) is 22.2. The molecule has 0 radical (unpaired) electrons. The number of hydrogen-bond donors (Lipinski definition) is 2. The zero-order chi connectivity index (χ0) is 49.0. The first-order valence-electron chi connectivity index (χ1n) is 24.5. The van der Waals surface area contributed by atoms with Gasteiger partial charge in [-0.2, -0.15) is 0 Å². The minimum absolute atomic E-state index is 0.0272. The third-order valence-electron chi connectivity index (χ3n) is 16.1. The Balaban J connectivity index is 1.29. The van der Waals surface area contributed by atoms with Gasteiger partial charge in [-0.1, -0.05) is 29.4 Å². The molecule has 0 amide bonds. The minimum Gasteiger partial charge on any atom is -0.482 e. The largest absolute Gasteiger partial charge is 0.482 e. The molecule has 15 nitrogen and oxygen atoms in total. The number of aliphatic hydroxyl groups is 2. The van der Waals surface area contributed by atoms with E-state index < -0.39 is 88.7 Å². The van der Waals surface area contributed by atoms with Gasteiger partial charge < -0.3 is 53.0 Å². The number of Topliss-reactive ketones (excluding diaryl/α,β-unsaturated/α-hetero) is 2. The Hall–Kier alpha value is -3.93. The standard InChI is InChI=1S/C53H72N2O13/c1-28(2)14-13-19-51(10)20-18-32-42(66-51)31(16-15-29(3)4)44-36(43(32)64-48-41(58)40(57)45-34(63-48)27-62-50(8,9)65-45)39(56)37-38(55-24-22-54(11)23-25-55)33-26-35-49(6,7)68-52(46(33)59,53(35,37)67-44)21-17-30(5)47(60)61-12/h14-15,17-18,20,33-35,37-38,40-41,45,48,57-58H,13,16,19,21-27H2,1-12H3/b30-17-/t33?,34-,35?,37?,38?,40-,41-,45-,48+,51?,52?,53?/m1/s1. The summed E-state index contributed by atoms with van der Waals surface area (Å²) in [5.41, 5.74) is -1.23. The molecule has 10 rings (SSSR count). The highest BCUT2D eigenvalue weighted by Gasteiger charge is 2.86. The highest BCUT2D eigenvalue weighted by atomic mass is 16.8. The first kappa shape index (κ1) is 49.1. The number of ketones is 2. The predicted octanol–water partition coefficient (Wildman–Crippen LogP) is 5.90. The van der Waals surface area contributed by atoms with Crippen molar-refractivity contribution in [1.29, 1.82) is 0 Å². The number of aliphatic hydroxyl groups excluding tert-OH is 2. The number of esters is 1. The molecule has 6 aliphatic heterocycles. The lowest BCUT2D eigenvalue weighted by molar-refractivity contribution is -0.373. The van der Waals surface area contributed by atoms with Gasteiger partial charge in [0, 0.05) is 61.6 Å². The van der Waals surface area contributed by atoms with E-state index in [1.165, 1.54) is 12.7 Å². The lowest BCUT2D eigenvalue weighted by atomic mass is 9.44. The maximum absolute atomic E-state index is 16.7. The normalized spacial score (nSPS) is 37.7. The zero-order valence-electron chi connectivity index (χ0n) is 41.9. The zero-order valence-corrected chi connectivity index (χ0v) is 41.9. The fraction of sp³-hybridized carbons (Fsp3) is 0.679. The number of rotatable bonds is 11. The summed E-state index contributed by atoms with van der Waals surface area (Å²) in [4.78, 5) is 49.9. The van der Waals surface area contributed by atoms with Gasteiger partial charge in [0.05, 0.1) is 30.8 Å². The Morgan fingerprint density at radius 2 is 1.63 bits per heavy atom. The number of carbonyl (C=O) groups excluding carboxylic acids is 3. The van der Waals surface area contributed by atoms with Crippen molar-refractivity contribution in [1.82, 2.24) is 9.80 Å². The van der Waals surface area contributed by atoms with Crippen molar-refractivity contribution in [3.05, 3.63) is 57.7 Å². The van der Waals surface area contributed by atoms with Crippen LogP contribution in [0.3, 0.4) is 0 Å². The maximum Gasteiger partial charge on any atom is 0.333 e. The molecule has 15 heteroatoms. The van der Waals surface area contributed by atoms with E-state index in [4.69, 9.17) is 37.9 Å². The summed E-state index contributed by atoms with van der Waals surface area (Å²) < 4.78 is 52.7. The number of piperazine rings is 1. The fourth-order valence-corrected chi connectivity index (χ4v) is 12.7. The van der Waals surface area contributed by atoms with Crippen LogP contribution in [-0.2, 0) is 39.7 Å². The molecule has 4 bridgehead atoms. The Labute approximate surface area is 400 Å². The number of ether oxygens (including phenoxy) is 8. The average Bonchev–Trinajstić information content (AvgIpc) is 3.42. The first-order valence-corrected chi connectivity index (χ1v) is 24.5. The molecule has 372 valence electrons. The molecule has 6 heterocycles. The highest BCUT2D eigenvalue weighted by molar-refractivity contribution is 6.10. The molecule has 7 fully saturated rings. The summed E-state index contributed by atoms with van der Waals surface area (Å²) >= 11 is 0. The van der Waals surface area contributed by atoms with Crippen LogP contribution < -0.4 is 14.2 Å². The molecular weight excluding hydrogens is 873 g/mol. The van der Waals surface area contributed by atoms with E-state index in [1.54, 1.807) is 26.8 Å². The molecule has 4 saturated heterocycles. The van der Waals surface area contributed by atoms with Gasteiger partial charge in [-0.05, 0) is 114 Å². The number of benzene rings is 1. The lowest BCUT2D eigenvalue weighted by Gasteiger charge is -2.65. The van der Waals surface area contributed by atoms with Crippen LogP contribution in [-0.4, -0.2) is 149 Å². The molecule has 1 aromatic carbocycles. The molecule has 9 aliphatic rings. The Bertz CT molecular complexity index is 2350. The van der Waals surface area contributed by atoms with Crippen molar-refractivity contribution in [3.8, 4) is 17.2 Å². The van der Waals surface area contributed by atoms with Crippen LogP contribution in [0, 0.1) is 17.8 Å². The minimum atomic E-state index is -1.68. The molecule has 2 N–H and O–H groups in total. The average molecular weight is 945 g/mol. The number of hydrogen-bond acceptors (Lipinski definition) is 15. The van der Waals surface area contributed by atoms with Crippen LogP contribution in [0.2, 0.25) is 0 Å². The van der Waals surface area contributed by atoms with E-state index in [0.717, 1.165) is 25.1 Å². The highest BCUT2D eigenvalue weighted by Crippen LogP contribution is 2.71. The van der Waals surface area contributed by atoms with Crippen molar-refractivity contribution in [2.75, 3.05) is 46.9 Å². The van der Waals surface area contributed by atoms with Crippen molar-refractivity contribution in [3.63, 3.8) is 0 Å².